The summed E-state index contributed by atoms with van der Waals surface area (Å²) in [7, 11) is 0. The summed E-state index contributed by atoms with van der Waals surface area (Å²) in [6.07, 6.45) is 3.48. The van der Waals surface area contributed by atoms with E-state index in [2.05, 4.69) is 20.9 Å². The van der Waals surface area contributed by atoms with Crippen LogP contribution in [-0.2, 0) is 30.4 Å². The minimum Gasteiger partial charge on any atom is -0.480 e. The molecule has 0 spiro atoms. The summed E-state index contributed by atoms with van der Waals surface area (Å²) in [5.41, 5.74) is 12.7. The minimum atomic E-state index is -1.19. The van der Waals surface area contributed by atoms with Crippen LogP contribution in [0, 0.1) is 5.92 Å². The monoisotopic (exact) mass is 562 g/mol. The molecule has 0 bridgehead atoms. The van der Waals surface area contributed by atoms with Crippen LogP contribution in [0.5, 0.6) is 0 Å². The molecule has 0 radical (unpaired) electrons. The molecule has 13 heteroatoms. The van der Waals surface area contributed by atoms with Crippen LogP contribution in [0.3, 0.4) is 0 Å². The van der Waals surface area contributed by atoms with Gasteiger partial charge in [0.15, 0.2) is 0 Å². The van der Waals surface area contributed by atoms with Crippen molar-refractivity contribution in [2.75, 3.05) is 12.0 Å². The summed E-state index contributed by atoms with van der Waals surface area (Å²) in [5, 5.41) is 18.2. The highest BCUT2D eigenvalue weighted by Gasteiger charge is 2.31. The Labute approximate surface area is 231 Å². The molecule has 0 fully saturated rings. The van der Waals surface area contributed by atoms with Crippen molar-refractivity contribution in [3.63, 3.8) is 0 Å². The quantitative estimate of drug-likeness (QED) is 0.150. The standard InChI is InChI=1S/C26H38N6O6S/c1-14(2)22(28)25(36)30-18(8-9-21(27)33)23(34)32-20(24(35)31-19(26(37)38)10-11-39-3)12-15-13-29-17-7-5-4-6-16(15)17/h4-7,13-14,18-20,22,29H,8-12,28H2,1-3H3,(H2,27,33)(H,30,36)(H,31,35)(H,32,34)(H,37,38). The van der Waals surface area contributed by atoms with Crippen LogP contribution in [0.4, 0.5) is 0 Å². The highest BCUT2D eigenvalue weighted by Crippen LogP contribution is 2.19. The number of thioether (sulfide) groups is 1. The average molecular weight is 563 g/mol. The molecule has 4 unspecified atom stereocenters. The molecular weight excluding hydrogens is 524 g/mol. The molecule has 0 aliphatic heterocycles. The summed E-state index contributed by atoms with van der Waals surface area (Å²) in [6, 6.07) is 2.99. The van der Waals surface area contributed by atoms with Crippen LogP contribution in [0.2, 0.25) is 0 Å². The molecule has 2 aromatic rings. The number of aromatic nitrogens is 1. The molecule has 0 saturated carbocycles. The topological polar surface area (TPSA) is 210 Å². The van der Waals surface area contributed by atoms with Crippen molar-refractivity contribution < 1.29 is 29.1 Å². The second-order valence-electron chi connectivity index (χ2n) is 9.64. The van der Waals surface area contributed by atoms with Crippen LogP contribution in [0.15, 0.2) is 30.5 Å². The number of para-hydroxylation sites is 1. The number of nitrogens with two attached hydrogens (primary N) is 2. The van der Waals surface area contributed by atoms with E-state index in [1.807, 2.05) is 30.5 Å². The maximum Gasteiger partial charge on any atom is 0.326 e. The lowest BCUT2D eigenvalue weighted by Gasteiger charge is -2.25. The van der Waals surface area contributed by atoms with Gasteiger partial charge in [-0.25, -0.2) is 4.79 Å². The lowest BCUT2D eigenvalue weighted by atomic mass is 10.0. The molecule has 4 amide bonds. The van der Waals surface area contributed by atoms with Gasteiger partial charge in [0, 0.05) is 29.9 Å². The summed E-state index contributed by atoms with van der Waals surface area (Å²) in [5.74, 6) is -3.56. The van der Waals surface area contributed by atoms with Crippen LogP contribution >= 0.6 is 11.8 Å². The molecule has 0 aliphatic carbocycles. The van der Waals surface area contributed by atoms with Crippen LogP contribution in [0.25, 0.3) is 10.9 Å². The SMILES string of the molecule is CSCCC(NC(=O)C(Cc1c[nH]c2ccccc12)NC(=O)C(CCC(N)=O)NC(=O)C(N)C(C)C)C(=O)O. The molecule has 1 aromatic carbocycles. The van der Waals surface area contributed by atoms with Gasteiger partial charge in [0.05, 0.1) is 6.04 Å². The molecule has 2 rings (SSSR count). The average Bonchev–Trinajstić information content (AvgIpc) is 3.30. The Bertz CT molecular complexity index is 1170. The Hall–Kier alpha value is -3.58. The molecule has 39 heavy (non-hydrogen) atoms. The molecule has 1 aromatic heterocycles. The van der Waals surface area contributed by atoms with Crippen molar-refractivity contribution >= 4 is 52.3 Å². The van der Waals surface area contributed by atoms with E-state index in [-0.39, 0.29) is 31.6 Å². The lowest BCUT2D eigenvalue weighted by Crippen LogP contribution is -2.58. The number of rotatable bonds is 16. The predicted octanol–water partition coefficient (Wildman–Crippen LogP) is 0.251. The van der Waals surface area contributed by atoms with Gasteiger partial charge in [0.25, 0.3) is 0 Å². The highest BCUT2D eigenvalue weighted by atomic mass is 32.2. The normalized spacial score (nSPS) is 14.3. The number of amides is 4. The third-order valence-electron chi connectivity index (χ3n) is 6.29. The Balaban J connectivity index is 2.33. The van der Waals surface area contributed by atoms with E-state index < -0.39 is 53.8 Å². The lowest BCUT2D eigenvalue weighted by molar-refractivity contribution is -0.142. The van der Waals surface area contributed by atoms with Gasteiger partial charge in [-0.15, -0.1) is 0 Å². The van der Waals surface area contributed by atoms with Gasteiger partial charge in [0.2, 0.25) is 23.6 Å². The summed E-state index contributed by atoms with van der Waals surface area (Å²) in [4.78, 5) is 65.6. The predicted molar refractivity (Wildman–Crippen MR) is 150 cm³/mol. The first-order valence-electron chi connectivity index (χ1n) is 12.7. The van der Waals surface area contributed by atoms with E-state index in [9.17, 15) is 29.1 Å². The molecule has 0 aliphatic rings. The number of fused-ring (bicyclic) bond motifs is 1. The van der Waals surface area contributed by atoms with Crippen molar-refractivity contribution in [2.24, 2.45) is 17.4 Å². The molecule has 9 N–H and O–H groups in total. The van der Waals surface area contributed by atoms with Crippen molar-refractivity contribution in [1.82, 2.24) is 20.9 Å². The fourth-order valence-corrected chi connectivity index (χ4v) is 4.36. The van der Waals surface area contributed by atoms with Gasteiger partial charge in [-0.05, 0) is 42.4 Å². The van der Waals surface area contributed by atoms with E-state index in [1.165, 1.54) is 11.8 Å². The zero-order chi connectivity index (χ0) is 29.1. The number of nitrogens with one attached hydrogen (secondary N) is 4. The Morgan fingerprint density at radius 1 is 0.949 bits per heavy atom. The maximum atomic E-state index is 13.4. The van der Waals surface area contributed by atoms with Gasteiger partial charge in [-0.2, -0.15) is 11.8 Å². The first-order valence-corrected chi connectivity index (χ1v) is 14.1. The molecule has 4 atom stereocenters. The second-order valence-corrected chi connectivity index (χ2v) is 10.6. The van der Waals surface area contributed by atoms with Gasteiger partial charge in [-0.1, -0.05) is 32.0 Å². The molecule has 214 valence electrons. The number of primary amides is 1. The third kappa shape index (κ3) is 9.59. The zero-order valence-electron chi connectivity index (χ0n) is 22.4. The number of carboxylic acid groups (broad SMARTS) is 1. The number of aliphatic carboxylic acids is 1. The Morgan fingerprint density at radius 3 is 2.18 bits per heavy atom. The first kappa shape index (κ1) is 31.6. The molecule has 12 nitrogen and oxygen atoms in total. The zero-order valence-corrected chi connectivity index (χ0v) is 23.2. The summed E-state index contributed by atoms with van der Waals surface area (Å²) >= 11 is 1.44. The third-order valence-corrected chi connectivity index (χ3v) is 6.93. The molecule has 1 heterocycles. The Morgan fingerprint density at radius 2 is 1.56 bits per heavy atom. The molecule has 0 saturated heterocycles. The minimum absolute atomic E-state index is 0.0401. The van der Waals surface area contributed by atoms with Crippen molar-refractivity contribution in [1.29, 1.82) is 0 Å². The van der Waals surface area contributed by atoms with E-state index >= 15 is 0 Å². The van der Waals surface area contributed by atoms with Crippen molar-refractivity contribution in [3.05, 3.63) is 36.0 Å². The van der Waals surface area contributed by atoms with Crippen LogP contribution in [0.1, 0.15) is 38.7 Å². The van der Waals surface area contributed by atoms with Crippen molar-refractivity contribution in [2.45, 2.75) is 63.7 Å². The number of H-pyrrole nitrogens is 1. The number of carbonyl (C=O) groups excluding carboxylic acids is 4. The number of carboxylic acids is 1. The number of hydrogen-bond donors (Lipinski definition) is 7. The van der Waals surface area contributed by atoms with Crippen LogP contribution in [-0.4, -0.2) is 75.9 Å². The highest BCUT2D eigenvalue weighted by molar-refractivity contribution is 7.98. The fourth-order valence-electron chi connectivity index (χ4n) is 3.89. The fraction of sp³-hybridized carbons (Fsp3) is 0.500. The Kier molecular flexibility index (Phi) is 12.3. The summed E-state index contributed by atoms with van der Waals surface area (Å²) in [6.45, 7) is 3.50. The van der Waals surface area contributed by atoms with E-state index in [0.717, 1.165) is 16.5 Å². The second kappa shape index (κ2) is 15.1. The van der Waals surface area contributed by atoms with E-state index in [4.69, 9.17) is 11.5 Å². The first-order chi connectivity index (χ1) is 18.4. The van der Waals surface area contributed by atoms with E-state index in [0.29, 0.717) is 5.75 Å². The maximum absolute atomic E-state index is 13.4. The van der Waals surface area contributed by atoms with Crippen LogP contribution < -0.4 is 27.4 Å². The largest absolute Gasteiger partial charge is 0.480 e. The van der Waals surface area contributed by atoms with Gasteiger partial charge in [-0.3, -0.25) is 19.2 Å². The number of carbonyl (C=O) groups is 5. The van der Waals surface area contributed by atoms with Gasteiger partial charge in [0.1, 0.15) is 18.1 Å². The van der Waals surface area contributed by atoms with Gasteiger partial charge >= 0.3 is 5.97 Å². The number of aromatic amines is 1. The van der Waals surface area contributed by atoms with Gasteiger partial charge < -0.3 is 37.5 Å². The summed E-state index contributed by atoms with van der Waals surface area (Å²) < 4.78 is 0. The van der Waals surface area contributed by atoms with E-state index in [1.54, 1.807) is 20.0 Å². The van der Waals surface area contributed by atoms with Crippen molar-refractivity contribution in [3.8, 4) is 0 Å². The number of hydrogen-bond acceptors (Lipinski definition) is 7. The molecular formula is C26H38N6O6S. The smallest absolute Gasteiger partial charge is 0.326 e. The number of benzene rings is 1.